The van der Waals surface area contributed by atoms with Gasteiger partial charge in [0.2, 0.25) is 0 Å². The summed E-state index contributed by atoms with van der Waals surface area (Å²) in [6.07, 6.45) is 3.54. The fraction of sp³-hybridized carbons (Fsp3) is 0.286. The van der Waals surface area contributed by atoms with Gasteiger partial charge in [-0.05, 0) is 59.6 Å². The molecule has 96 valence electrons. The van der Waals surface area contributed by atoms with Gasteiger partial charge in [-0.1, -0.05) is 0 Å². The Hall–Kier alpha value is -1.29. The second-order valence-electron chi connectivity index (χ2n) is 4.29. The summed E-state index contributed by atoms with van der Waals surface area (Å²) in [7, 11) is 0. The van der Waals surface area contributed by atoms with Crippen LogP contribution in [0.15, 0.2) is 45.5 Å². The van der Waals surface area contributed by atoms with E-state index in [1.807, 2.05) is 12.1 Å². The lowest BCUT2D eigenvalue weighted by Crippen LogP contribution is -2.15. The summed E-state index contributed by atoms with van der Waals surface area (Å²) in [4.78, 5) is 0. The maximum absolute atomic E-state index is 13.1. The SMILES string of the molecule is CC(CCc1ccco1)Nc1ccc(F)c(Br)c1. The van der Waals surface area contributed by atoms with E-state index in [1.54, 1.807) is 18.4 Å². The molecular weight excluding hydrogens is 297 g/mol. The van der Waals surface area contributed by atoms with E-state index in [-0.39, 0.29) is 5.82 Å². The highest BCUT2D eigenvalue weighted by atomic mass is 79.9. The van der Waals surface area contributed by atoms with Gasteiger partial charge in [0.1, 0.15) is 11.6 Å². The van der Waals surface area contributed by atoms with Gasteiger partial charge in [0, 0.05) is 18.2 Å². The molecule has 18 heavy (non-hydrogen) atoms. The molecule has 0 spiro atoms. The van der Waals surface area contributed by atoms with Gasteiger partial charge in [-0.2, -0.15) is 0 Å². The van der Waals surface area contributed by atoms with Crippen molar-refractivity contribution in [2.45, 2.75) is 25.8 Å². The molecule has 2 rings (SSSR count). The van der Waals surface area contributed by atoms with Crippen molar-refractivity contribution in [3.05, 3.63) is 52.6 Å². The van der Waals surface area contributed by atoms with Crippen LogP contribution in [0, 0.1) is 5.82 Å². The smallest absolute Gasteiger partial charge is 0.137 e. The average Bonchev–Trinajstić information content (AvgIpc) is 2.84. The molecule has 1 N–H and O–H groups in total. The van der Waals surface area contributed by atoms with E-state index in [0.717, 1.165) is 24.3 Å². The Morgan fingerprint density at radius 3 is 2.89 bits per heavy atom. The van der Waals surface area contributed by atoms with Crippen LogP contribution >= 0.6 is 15.9 Å². The predicted molar refractivity (Wildman–Crippen MR) is 74.2 cm³/mol. The van der Waals surface area contributed by atoms with Crippen LogP contribution in [0.2, 0.25) is 0 Å². The molecule has 0 bridgehead atoms. The normalized spacial score (nSPS) is 12.4. The third-order valence-corrected chi connectivity index (χ3v) is 3.34. The van der Waals surface area contributed by atoms with Crippen LogP contribution in [0.25, 0.3) is 0 Å². The number of benzene rings is 1. The lowest BCUT2D eigenvalue weighted by atomic mass is 10.1. The predicted octanol–water partition coefficient (Wildman–Crippen LogP) is 4.61. The number of nitrogens with one attached hydrogen (secondary N) is 1. The van der Waals surface area contributed by atoms with Crippen LogP contribution in [-0.4, -0.2) is 6.04 Å². The number of furan rings is 1. The minimum atomic E-state index is -0.246. The Morgan fingerprint density at radius 2 is 2.22 bits per heavy atom. The lowest BCUT2D eigenvalue weighted by Gasteiger charge is -2.15. The molecule has 1 aromatic heterocycles. The van der Waals surface area contributed by atoms with Crippen molar-refractivity contribution < 1.29 is 8.81 Å². The first-order valence-electron chi connectivity index (χ1n) is 5.89. The van der Waals surface area contributed by atoms with Gasteiger partial charge in [-0.3, -0.25) is 0 Å². The molecule has 0 radical (unpaired) electrons. The van der Waals surface area contributed by atoms with Gasteiger partial charge < -0.3 is 9.73 Å². The Morgan fingerprint density at radius 1 is 1.39 bits per heavy atom. The fourth-order valence-corrected chi connectivity index (χ4v) is 2.13. The molecule has 1 aromatic carbocycles. The number of hydrogen-bond donors (Lipinski definition) is 1. The summed E-state index contributed by atoms with van der Waals surface area (Å²) in [6, 6.07) is 9.10. The second kappa shape index (κ2) is 6.05. The Balaban J connectivity index is 1.86. The van der Waals surface area contributed by atoms with Crippen molar-refractivity contribution in [2.75, 3.05) is 5.32 Å². The highest BCUT2D eigenvalue weighted by molar-refractivity contribution is 9.10. The van der Waals surface area contributed by atoms with Crippen molar-refractivity contribution >= 4 is 21.6 Å². The van der Waals surface area contributed by atoms with E-state index >= 15 is 0 Å². The van der Waals surface area contributed by atoms with Gasteiger partial charge in [0.25, 0.3) is 0 Å². The molecule has 0 saturated heterocycles. The molecule has 0 aliphatic carbocycles. The number of anilines is 1. The summed E-state index contributed by atoms with van der Waals surface area (Å²) in [5.41, 5.74) is 0.912. The zero-order chi connectivity index (χ0) is 13.0. The minimum Gasteiger partial charge on any atom is -0.469 e. The molecule has 1 atom stereocenters. The second-order valence-corrected chi connectivity index (χ2v) is 5.15. The molecule has 1 unspecified atom stereocenters. The van der Waals surface area contributed by atoms with Gasteiger partial charge in [0.15, 0.2) is 0 Å². The highest BCUT2D eigenvalue weighted by Crippen LogP contribution is 2.21. The lowest BCUT2D eigenvalue weighted by molar-refractivity contribution is 0.495. The molecule has 4 heteroatoms. The summed E-state index contributed by atoms with van der Waals surface area (Å²) in [5.74, 6) is 0.743. The van der Waals surface area contributed by atoms with Crippen molar-refractivity contribution in [3.8, 4) is 0 Å². The van der Waals surface area contributed by atoms with Crippen LogP contribution < -0.4 is 5.32 Å². The molecule has 0 amide bonds. The number of halogens is 2. The van der Waals surface area contributed by atoms with Gasteiger partial charge in [0.05, 0.1) is 10.7 Å². The number of rotatable bonds is 5. The van der Waals surface area contributed by atoms with E-state index in [2.05, 4.69) is 28.2 Å². The topological polar surface area (TPSA) is 25.2 Å². The van der Waals surface area contributed by atoms with E-state index < -0.39 is 0 Å². The van der Waals surface area contributed by atoms with Crippen LogP contribution in [0.5, 0.6) is 0 Å². The van der Waals surface area contributed by atoms with E-state index in [0.29, 0.717) is 10.5 Å². The molecule has 0 saturated carbocycles. The third-order valence-electron chi connectivity index (χ3n) is 2.74. The maximum atomic E-state index is 13.1. The molecule has 0 fully saturated rings. The number of aryl methyl sites for hydroxylation is 1. The van der Waals surface area contributed by atoms with Gasteiger partial charge in [-0.25, -0.2) is 4.39 Å². The summed E-state index contributed by atoms with van der Waals surface area (Å²) < 4.78 is 18.8. The Bertz CT molecular complexity index is 499. The third kappa shape index (κ3) is 3.60. The zero-order valence-corrected chi connectivity index (χ0v) is 11.7. The first kappa shape index (κ1) is 13.1. The van der Waals surface area contributed by atoms with Crippen molar-refractivity contribution in [1.29, 1.82) is 0 Å². The van der Waals surface area contributed by atoms with E-state index in [1.165, 1.54) is 6.07 Å². The van der Waals surface area contributed by atoms with Crippen molar-refractivity contribution in [3.63, 3.8) is 0 Å². The first-order chi connectivity index (χ1) is 8.65. The molecule has 1 heterocycles. The Kier molecular flexibility index (Phi) is 4.42. The summed E-state index contributed by atoms with van der Waals surface area (Å²) in [6.45, 7) is 2.10. The van der Waals surface area contributed by atoms with Gasteiger partial charge in [-0.15, -0.1) is 0 Å². The Labute approximate surface area is 114 Å². The van der Waals surface area contributed by atoms with Crippen LogP contribution in [0.4, 0.5) is 10.1 Å². The molecular formula is C14H15BrFNO. The van der Waals surface area contributed by atoms with Crippen LogP contribution in [0.3, 0.4) is 0 Å². The standard InChI is InChI=1S/C14H15BrFNO/c1-10(4-6-12-3-2-8-18-12)17-11-5-7-14(16)13(15)9-11/h2-3,5,7-10,17H,4,6H2,1H3. The minimum absolute atomic E-state index is 0.246. The molecule has 0 aliphatic rings. The molecule has 2 aromatic rings. The molecule has 0 aliphatic heterocycles. The fourth-order valence-electron chi connectivity index (χ4n) is 1.76. The van der Waals surface area contributed by atoms with Crippen LogP contribution in [0.1, 0.15) is 19.1 Å². The van der Waals surface area contributed by atoms with E-state index in [9.17, 15) is 4.39 Å². The average molecular weight is 312 g/mol. The largest absolute Gasteiger partial charge is 0.469 e. The number of hydrogen-bond acceptors (Lipinski definition) is 2. The van der Waals surface area contributed by atoms with Crippen LogP contribution in [-0.2, 0) is 6.42 Å². The van der Waals surface area contributed by atoms with Crippen molar-refractivity contribution in [1.82, 2.24) is 0 Å². The first-order valence-corrected chi connectivity index (χ1v) is 6.68. The summed E-state index contributed by atoms with van der Waals surface area (Å²) >= 11 is 3.18. The monoisotopic (exact) mass is 311 g/mol. The van der Waals surface area contributed by atoms with Gasteiger partial charge >= 0.3 is 0 Å². The zero-order valence-electron chi connectivity index (χ0n) is 10.1. The summed E-state index contributed by atoms with van der Waals surface area (Å²) in [5, 5.41) is 3.33. The van der Waals surface area contributed by atoms with E-state index in [4.69, 9.17) is 4.42 Å². The quantitative estimate of drug-likeness (QED) is 0.872. The highest BCUT2D eigenvalue weighted by Gasteiger charge is 2.06. The van der Waals surface area contributed by atoms with Crippen molar-refractivity contribution in [2.24, 2.45) is 0 Å². The maximum Gasteiger partial charge on any atom is 0.137 e. The molecule has 2 nitrogen and oxygen atoms in total.